The summed E-state index contributed by atoms with van der Waals surface area (Å²) in [5.41, 5.74) is 2.45. The summed E-state index contributed by atoms with van der Waals surface area (Å²) in [4.78, 5) is 12.1. The minimum Gasteiger partial charge on any atom is -0.308 e. The molecule has 8 heteroatoms. The van der Waals surface area contributed by atoms with Gasteiger partial charge in [-0.05, 0) is 31.0 Å². The van der Waals surface area contributed by atoms with Crippen LogP contribution in [0, 0.1) is 13.8 Å². The Morgan fingerprint density at radius 1 is 1.19 bits per heavy atom. The summed E-state index contributed by atoms with van der Waals surface area (Å²) < 4.78 is 28.6. The molecule has 2 heterocycles. The fourth-order valence-electron chi connectivity index (χ4n) is 2.66. The van der Waals surface area contributed by atoms with Gasteiger partial charge in [0.05, 0.1) is 12.2 Å². The Labute approximate surface area is 149 Å². The minimum atomic E-state index is -2.68. The second-order valence-corrected chi connectivity index (χ2v) is 6.04. The van der Waals surface area contributed by atoms with E-state index in [0.29, 0.717) is 18.1 Å². The molecule has 1 aromatic carbocycles. The number of amides is 1. The number of halogens is 2. The molecule has 0 aliphatic heterocycles. The Kier molecular flexibility index (Phi) is 5.11. The molecule has 3 rings (SSSR count). The molecule has 1 amide bonds. The van der Waals surface area contributed by atoms with Crippen LogP contribution in [0.1, 0.15) is 28.9 Å². The number of carbonyl (C=O) groups is 1. The average molecular weight is 359 g/mol. The highest BCUT2D eigenvalue weighted by molar-refractivity contribution is 5.89. The molecule has 3 aromatic rings. The molecule has 0 radical (unpaired) electrons. The van der Waals surface area contributed by atoms with Crippen LogP contribution >= 0.6 is 0 Å². The van der Waals surface area contributed by atoms with E-state index in [0.717, 1.165) is 15.8 Å². The number of rotatable bonds is 6. The Hall–Kier alpha value is -3.03. The fourth-order valence-corrected chi connectivity index (χ4v) is 2.66. The summed E-state index contributed by atoms with van der Waals surface area (Å²) >= 11 is 0. The van der Waals surface area contributed by atoms with Crippen LogP contribution < -0.4 is 5.32 Å². The number of nitrogens with zero attached hydrogens (tertiary/aromatic N) is 4. The number of hydrogen-bond donors (Lipinski definition) is 1. The Balaban J connectivity index is 1.64. The Morgan fingerprint density at radius 2 is 1.96 bits per heavy atom. The predicted octanol–water partition coefficient (Wildman–Crippen LogP) is 3.32. The molecule has 26 heavy (non-hydrogen) atoms. The Morgan fingerprint density at radius 3 is 2.69 bits per heavy atom. The normalized spacial score (nSPS) is 11.1. The number of aryl methyl sites for hydroxylation is 2. The van der Waals surface area contributed by atoms with Crippen LogP contribution in [0.25, 0.3) is 0 Å². The zero-order valence-electron chi connectivity index (χ0n) is 14.5. The van der Waals surface area contributed by atoms with Gasteiger partial charge in [0.2, 0.25) is 5.91 Å². The van der Waals surface area contributed by atoms with E-state index in [9.17, 15) is 13.6 Å². The van der Waals surface area contributed by atoms with E-state index in [2.05, 4.69) is 15.5 Å². The third-order valence-electron chi connectivity index (χ3n) is 3.95. The van der Waals surface area contributed by atoms with Crippen molar-refractivity contribution in [1.29, 1.82) is 0 Å². The molecule has 2 aromatic heterocycles. The molecule has 0 atom stereocenters. The van der Waals surface area contributed by atoms with Crippen LogP contribution in [0.4, 0.5) is 14.6 Å². The van der Waals surface area contributed by atoms with Crippen molar-refractivity contribution in [1.82, 2.24) is 19.6 Å². The molecule has 136 valence electrons. The van der Waals surface area contributed by atoms with E-state index in [-0.39, 0.29) is 12.2 Å². The van der Waals surface area contributed by atoms with Crippen LogP contribution in [-0.2, 0) is 17.9 Å². The maximum atomic E-state index is 13.0. The van der Waals surface area contributed by atoms with Crippen LogP contribution in [0.2, 0.25) is 0 Å². The molecule has 0 saturated heterocycles. The van der Waals surface area contributed by atoms with Crippen molar-refractivity contribution in [2.75, 3.05) is 5.32 Å². The molecule has 0 bridgehead atoms. The van der Waals surface area contributed by atoms with Crippen molar-refractivity contribution >= 4 is 11.7 Å². The molecule has 0 fully saturated rings. The van der Waals surface area contributed by atoms with E-state index in [1.165, 1.54) is 6.07 Å². The molecule has 0 aliphatic carbocycles. The molecule has 6 nitrogen and oxygen atoms in total. The van der Waals surface area contributed by atoms with Crippen molar-refractivity contribution in [3.63, 3.8) is 0 Å². The van der Waals surface area contributed by atoms with E-state index in [1.54, 1.807) is 23.9 Å². The molecule has 0 spiro atoms. The zero-order chi connectivity index (χ0) is 18.7. The third kappa shape index (κ3) is 4.14. The molecule has 0 aliphatic rings. The first kappa shape index (κ1) is 17.8. The van der Waals surface area contributed by atoms with Gasteiger partial charge < -0.3 is 5.32 Å². The summed E-state index contributed by atoms with van der Waals surface area (Å²) in [5.74, 6) is -0.0952. The van der Waals surface area contributed by atoms with Crippen molar-refractivity contribution < 1.29 is 13.6 Å². The molecule has 0 saturated carbocycles. The van der Waals surface area contributed by atoms with Gasteiger partial charge in [-0.1, -0.05) is 24.3 Å². The SMILES string of the molecule is Cc1cc(C(F)F)n(CC(=O)Nc2ccn(Cc3ccccc3C)n2)n1. The number of alkyl halides is 2. The van der Waals surface area contributed by atoms with Crippen LogP contribution in [0.5, 0.6) is 0 Å². The maximum Gasteiger partial charge on any atom is 0.280 e. The summed E-state index contributed by atoms with van der Waals surface area (Å²) in [5, 5.41) is 10.8. The van der Waals surface area contributed by atoms with Crippen molar-refractivity contribution in [3.8, 4) is 0 Å². The summed E-state index contributed by atoms with van der Waals surface area (Å²) in [7, 11) is 0. The van der Waals surface area contributed by atoms with Crippen LogP contribution in [-0.4, -0.2) is 25.5 Å². The fraction of sp³-hybridized carbons (Fsp3) is 0.278. The number of nitrogens with one attached hydrogen (secondary N) is 1. The Bertz CT molecular complexity index is 916. The summed E-state index contributed by atoms with van der Waals surface area (Å²) in [6.07, 6.45) is -0.928. The zero-order valence-corrected chi connectivity index (χ0v) is 14.5. The first-order valence-corrected chi connectivity index (χ1v) is 8.12. The summed E-state index contributed by atoms with van der Waals surface area (Å²) in [6.45, 7) is 3.91. The lowest BCUT2D eigenvalue weighted by Crippen LogP contribution is -2.21. The van der Waals surface area contributed by atoms with Gasteiger partial charge in [0.25, 0.3) is 6.43 Å². The van der Waals surface area contributed by atoms with Crippen LogP contribution in [0.3, 0.4) is 0 Å². The van der Waals surface area contributed by atoms with Gasteiger partial charge in [0, 0.05) is 12.3 Å². The smallest absolute Gasteiger partial charge is 0.280 e. The second-order valence-electron chi connectivity index (χ2n) is 6.04. The highest BCUT2D eigenvalue weighted by Crippen LogP contribution is 2.19. The number of benzene rings is 1. The number of carbonyl (C=O) groups excluding carboxylic acids is 1. The van der Waals surface area contributed by atoms with Gasteiger partial charge in [-0.2, -0.15) is 10.2 Å². The average Bonchev–Trinajstić information content (AvgIpc) is 3.16. The number of anilines is 1. The monoisotopic (exact) mass is 359 g/mol. The molecular weight excluding hydrogens is 340 g/mol. The molecular formula is C18H19F2N5O. The van der Waals surface area contributed by atoms with Gasteiger partial charge in [0.15, 0.2) is 5.82 Å². The van der Waals surface area contributed by atoms with E-state index >= 15 is 0 Å². The van der Waals surface area contributed by atoms with Gasteiger partial charge in [-0.15, -0.1) is 0 Å². The lowest BCUT2D eigenvalue weighted by Gasteiger charge is -2.07. The van der Waals surface area contributed by atoms with Gasteiger partial charge in [0.1, 0.15) is 12.2 Å². The first-order chi connectivity index (χ1) is 12.4. The topological polar surface area (TPSA) is 64.7 Å². The van der Waals surface area contributed by atoms with Gasteiger partial charge in [-0.25, -0.2) is 8.78 Å². The van der Waals surface area contributed by atoms with Crippen LogP contribution in [0.15, 0.2) is 42.6 Å². The summed E-state index contributed by atoms with van der Waals surface area (Å²) in [6, 6.07) is 10.9. The number of aromatic nitrogens is 4. The van der Waals surface area contributed by atoms with Gasteiger partial charge in [-0.3, -0.25) is 14.2 Å². The van der Waals surface area contributed by atoms with Crippen molar-refractivity contribution in [3.05, 3.63) is 65.1 Å². The standard InChI is InChI=1S/C18H19F2N5O/c1-12-5-3-4-6-14(12)10-24-8-7-16(23-24)21-17(26)11-25-15(18(19)20)9-13(2)22-25/h3-9,18H,10-11H2,1-2H3,(H,21,23,26). The van der Waals surface area contributed by atoms with Crippen molar-refractivity contribution in [2.45, 2.75) is 33.4 Å². The van der Waals surface area contributed by atoms with E-state index in [4.69, 9.17) is 0 Å². The maximum absolute atomic E-state index is 13.0. The molecule has 1 N–H and O–H groups in total. The predicted molar refractivity (Wildman–Crippen MR) is 93.1 cm³/mol. The van der Waals surface area contributed by atoms with E-state index in [1.807, 2.05) is 31.2 Å². The number of hydrogen-bond acceptors (Lipinski definition) is 3. The lowest BCUT2D eigenvalue weighted by molar-refractivity contribution is -0.117. The largest absolute Gasteiger partial charge is 0.308 e. The first-order valence-electron chi connectivity index (χ1n) is 8.12. The van der Waals surface area contributed by atoms with Gasteiger partial charge >= 0.3 is 0 Å². The lowest BCUT2D eigenvalue weighted by atomic mass is 10.1. The minimum absolute atomic E-state index is 0.275. The highest BCUT2D eigenvalue weighted by Gasteiger charge is 2.17. The third-order valence-corrected chi connectivity index (χ3v) is 3.95. The quantitative estimate of drug-likeness (QED) is 0.734. The second kappa shape index (κ2) is 7.47. The van der Waals surface area contributed by atoms with Crippen molar-refractivity contribution in [2.24, 2.45) is 0 Å². The highest BCUT2D eigenvalue weighted by atomic mass is 19.3. The molecule has 0 unspecified atom stereocenters. The van der Waals surface area contributed by atoms with E-state index < -0.39 is 12.3 Å².